The van der Waals surface area contributed by atoms with Crippen LogP contribution in [-0.4, -0.2) is 23.1 Å². The Balaban J connectivity index is 1.58. The molecule has 1 N–H and O–H groups in total. The number of rotatable bonds is 4. The van der Waals surface area contributed by atoms with Crippen LogP contribution in [0.5, 0.6) is 5.75 Å². The summed E-state index contributed by atoms with van der Waals surface area (Å²) in [5, 5.41) is 10.5. The van der Waals surface area contributed by atoms with Crippen LogP contribution < -0.4 is 4.74 Å². The topological polar surface area (TPSA) is 46.5 Å². The van der Waals surface area contributed by atoms with Gasteiger partial charge in [0, 0.05) is 12.8 Å². The second-order valence-electron chi connectivity index (χ2n) is 6.68. The Morgan fingerprint density at radius 2 is 2.14 bits per heavy atom. The fraction of sp³-hybridized carbons (Fsp3) is 0.611. The Morgan fingerprint density at radius 1 is 1.38 bits per heavy atom. The minimum atomic E-state index is -1.06. The van der Waals surface area contributed by atoms with E-state index in [9.17, 15) is 9.90 Å². The first-order valence-electron chi connectivity index (χ1n) is 8.07. The monoisotopic (exact) mass is 288 g/mol. The smallest absolute Gasteiger partial charge is 0.164 e. The third-order valence-electron chi connectivity index (χ3n) is 5.02. The maximum atomic E-state index is 12.4. The average molecular weight is 288 g/mol. The zero-order valence-electron chi connectivity index (χ0n) is 12.7. The Bertz CT molecular complexity index is 527. The Morgan fingerprint density at radius 3 is 2.90 bits per heavy atom. The standard InChI is InChI=1S/C18H24O3/c1-13-6-9-18(20,10-7-13)17(19)5-3-14-2-4-16-15(12-14)8-11-21-16/h2,4,12-13,20H,3,5-11H2,1H3. The van der Waals surface area contributed by atoms with Crippen molar-refractivity contribution in [3.05, 3.63) is 29.3 Å². The highest BCUT2D eigenvalue weighted by Crippen LogP contribution is 2.33. The Labute approximate surface area is 126 Å². The molecule has 114 valence electrons. The SMILES string of the molecule is CC1CCC(O)(C(=O)CCc2ccc3c(c2)CCO3)CC1. The zero-order valence-corrected chi connectivity index (χ0v) is 12.7. The first-order valence-corrected chi connectivity index (χ1v) is 8.07. The number of hydrogen-bond acceptors (Lipinski definition) is 3. The molecule has 0 radical (unpaired) electrons. The van der Waals surface area contributed by atoms with Crippen LogP contribution in [0.25, 0.3) is 0 Å². The summed E-state index contributed by atoms with van der Waals surface area (Å²) in [4.78, 5) is 12.4. The molecule has 0 atom stereocenters. The Hall–Kier alpha value is -1.35. The van der Waals surface area contributed by atoms with E-state index in [1.807, 2.05) is 12.1 Å². The third-order valence-corrected chi connectivity index (χ3v) is 5.02. The molecule has 0 spiro atoms. The number of carbonyl (C=O) groups excluding carboxylic acids is 1. The van der Waals surface area contributed by atoms with E-state index < -0.39 is 5.60 Å². The van der Waals surface area contributed by atoms with Crippen LogP contribution in [0.4, 0.5) is 0 Å². The van der Waals surface area contributed by atoms with Crippen molar-refractivity contribution in [1.29, 1.82) is 0 Å². The van der Waals surface area contributed by atoms with Gasteiger partial charge in [-0.15, -0.1) is 0 Å². The number of carbonyl (C=O) groups is 1. The molecule has 3 rings (SSSR count). The molecule has 1 aromatic rings. The van der Waals surface area contributed by atoms with Crippen molar-refractivity contribution in [3.8, 4) is 5.75 Å². The van der Waals surface area contributed by atoms with Crippen LogP contribution in [-0.2, 0) is 17.6 Å². The molecule has 1 heterocycles. The first kappa shape index (κ1) is 14.6. The normalized spacial score (nSPS) is 28.0. The average Bonchev–Trinajstić information content (AvgIpc) is 2.95. The van der Waals surface area contributed by atoms with E-state index in [4.69, 9.17) is 4.74 Å². The second-order valence-corrected chi connectivity index (χ2v) is 6.68. The molecule has 3 nitrogen and oxygen atoms in total. The largest absolute Gasteiger partial charge is 0.493 e. The predicted molar refractivity (Wildman–Crippen MR) is 81.6 cm³/mol. The van der Waals surface area contributed by atoms with Crippen molar-refractivity contribution < 1.29 is 14.6 Å². The highest BCUT2D eigenvalue weighted by atomic mass is 16.5. The van der Waals surface area contributed by atoms with Gasteiger partial charge in [-0.2, -0.15) is 0 Å². The van der Waals surface area contributed by atoms with Gasteiger partial charge in [-0.3, -0.25) is 4.79 Å². The van der Waals surface area contributed by atoms with Gasteiger partial charge in [0.05, 0.1) is 6.61 Å². The van der Waals surface area contributed by atoms with Crippen molar-refractivity contribution in [3.63, 3.8) is 0 Å². The van der Waals surface area contributed by atoms with Crippen LogP contribution in [0.1, 0.15) is 50.2 Å². The van der Waals surface area contributed by atoms with E-state index in [0.717, 1.165) is 31.6 Å². The van der Waals surface area contributed by atoms with Gasteiger partial charge < -0.3 is 9.84 Å². The summed E-state index contributed by atoms with van der Waals surface area (Å²) in [6.07, 6.45) is 5.28. The van der Waals surface area contributed by atoms with Crippen molar-refractivity contribution in [2.24, 2.45) is 5.92 Å². The number of hydrogen-bond donors (Lipinski definition) is 1. The molecule has 0 unspecified atom stereocenters. The van der Waals surface area contributed by atoms with Crippen LogP contribution in [0.2, 0.25) is 0 Å². The van der Waals surface area contributed by atoms with E-state index in [1.165, 1.54) is 11.1 Å². The molecular weight excluding hydrogens is 264 g/mol. The molecular formula is C18H24O3. The number of aryl methyl sites for hydroxylation is 1. The number of benzene rings is 1. The molecule has 0 amide bonds. The molecule has 3 heteroatoms. The van der Waals surface area contributed by atoms with Crippen LogP contribution in [0, 0.1) is 5.92 Å². The van der Waals surface area contributed by atoms with Crippen LogP contribution in [0.3, 0.4) is 0 Å². The van der Waals surface area contributed by atoms with E-state index in [2.05, 4.69) is 13.0 Å². The number of Topliss-reactive ketones (excluding diaryl/α,β-unsaturated/α-hetero) is 1. The third kappa shape index (κ3) is 3.13. The highest BCUT2D eigenvalue weighted by molar-refractivity contribution is 5.87. The first-order chi connectivity index (χ1) is 10.1. The summed E-state index contributed by atoms with van der Waals surface area (Å²) in [6.45, 7) is 2.95. The van der Waals surface area contributed by atoms with Crippen molar-refractivity contribution in [1.82, 2.24) is 0 Å². The van der Waals surface area contributed by atoms with Gasteiger partial charge in [0.15, 0.2) is 5.78 Å². The number of fused-ring (bicyclic) bond motifs is 1. The summed E-state index contributed by atoms with van der Waals surface area (Å²) in [5.74, 6) is 1.63. The molecule has 1 aliphatic carbocycles. The van der Waals surface area contributed by atoms with E-state index in [0.29, 0.717) is 31.6 Å². The van der Waals surface area contributed by atoms with Crippen LogP contribution >= 0.6 is 0 Å². The lowest BCUT2D eigenvalue weighted by atomic mass is 9.76. The van der Waals surface area contributed by atoms with Crippen molar-refractivity contribution in [2.45, 2.75) is 57.5 Å². The van der Waals surface area contributed by atoms with Gasteiger partial charge in [0.1, 0.15) is 11.4 Å². The fourth-order valence-corrected chi connectivity index (χ4v) is 3.40. The molecule has 1 aliphatic heterocycles. The molecule has 0 aromatic heterocycles. The molecule has 1 fully saturated rings. The molecule has 2 aliphatic rings. The van der Waals surface area contributed by atoms with Gasteiger partial charge in [0.25, 0.3) is 0 Å². The Kier molecular flexibility index (Phi) is 4.03. The second kappa shape index (κ2) is 5.80. The lowest BCUT2D eigenvalue weighted by Crippen LogP contribution is -2.42. The molecule has 21 heavy (non-hydrogen) atoms. The van der Waals surface area contributed by atoms with E-state index >= 15 is 0 Å². The van der Waals surface area contributed by atoms with E-state index in [-0.39, 0.29) is 5.78 Å². The van der Waals surface area contributed by atoms with Gasteiger partial charge in [0.2, 0.25) is 0 Å². The zero-order chi connectivity index (χ0) is 14.9. The summed E-state index contributed by atoms with van der Waals surface area (Å²) in [6, 6.07) is 6.17. The number of ketones is 1. The molecule has 1 saturated carbocycles. The lowest BCUT2D eigenvalue weighted by Gasteiger charge is -2.33. The predicted octanol–water partition coefficient (Wildman–Crippen LogP) is 3.06. The summed E-state index contributed by atoms with van der Waals surface area (Å²) >= 11 is 0. The summed E-state index contributed by atoms with van der Waals surface area (Å²) in [7, 11) is 0. The van der Waals surface area contributed by atoms with E-state index in [1.54, 1.807) is 0 Å². The minimum absolute atomic E-state index is 0.0196. The maximum Gasteiger partial charge on any atom is 0.164 e. The number of aliphatic hydroxyl groups is 1. The van der Waals surface area contributed by atoms with Crippen LogP contribution in [0.15, 0.2) is 18.2 Å². The van der Waals surface area contributed by atoms with Gasteiger partial charge in [-0.25, -0.2) is 0 Å². The molecule has 1 aromatic carbocycles. The summed E-state index contributed by atoms with van der Waals surface area (Å²) in [5.41, 5.74) is 1.34. The summed E-state index contributed by atoms with van der Waals surface area (Å²) < 4.78 is 5.49. The van der Waals surface area contributed by atoms with Crippen molar-refractivity contribution >= 4 is 5.78 Å². The maximum absolute atomic E-state index is 12.4. The molecule has 0 bridgehead atoms. The van der Waals surface area contributed by atoms with Gasteiger partial charge in [-0.05, 0) is 55.2 Å². The quantitative estimate of drug-likeness (QED) is 0.926. The van der Waals surface area contributed by atoms with Crippen molar-refractivity contribution in [2.75, 3.05) is 6.61 Å². The number of ether oxygens (including phenoxy) is 1. The fourth-order valence-electron chi connectivity index (χ4n) is 3.40. The highest BCUT2D eigenvalue weighted by Gasteiger charge is 2.37. The minimum Gasteiger partial charge on any atom is -0.493 e. The molecule has 0 saturated heterocycles. The van der Waals surface area contributed by atoms with Gasteiger partial charge in [-0.1, -0.05) is 19.1 Å². The lowest BCUT2D eigenvalue weighted by molar-refractivity contribution is -0.141. The van der Waals surface area contributed by atoms with Gasteiger partial charge >= 0.3 is 0 Å².